The molecule has 34 heavy (non-hydrogen) atoms. The molecule has 2 aromatic heterocycles. The fraction of sp³-hybridized carbons (Fsp3) is 0.250. The predicted molar refractivity (Wildman–Crippen MR) is 132 cm³/mol. The highest BCUT2D eigenvalue weighted by Crippen LogP contribution is 2.31. The molecule has 2 N–H and O–H groups in total. The monoisotopic (exact) mass is 492 g/mol. The highest BCUT2D eigenvalue weighted by Gasteiger charge is 2.23. The van der Waals surface area contributed by atoms with E-state index in [1.807, 2.05) is 35.0 Å². The van der Waals surface area contributed by atoms with Crippen LogP contribution in [0.5, 0.6) is 0 Å². The maximum atomic E-state index is 12.7. The Morgan fingerprint density at radius 2 is 2.21 bits per heavy atom. The van der Waals surface area contributed by atoms with Crippen molar-refractivity contribution in [2.75, 3.05) is 17.7 Å². The summed E-state index contributed by atoms with van der Waals surface area (Å²) in [4.78, 5) is 15.9. The second-order valence-electron chi connectivity index (χ2n) is 7.94. The molecule has 1 unspecified atom stereocenters. The second kappa shape index (κ2) is 9.89. The lowest BCUT2D eigenvalue weighted by atomic mass is 10.1. The summed E-state index contributed by atoms with van der Waals surface area (Å²) >= 11 is 7.32. The lowest BCUT2D eigenvalue weighted by molar-refractivity contribution is -0.113. The van der Waals surface area contributed by atoms with Crippen molar-refractivity contribution in [1.29, 1.82) is 5.26 Å². The molecule has 5 rings (SSSR count). The minimum Gasteiger partial charge on any atom is -0.376 e. The molecular formula is C24H21ClN6O2S. The Morgan fingerprint density at radius 3 is 3.03 bits per heavy atom. The number of benzene rings is 2. The van der Waals surface area contributed by atoms with Crippen LogP contribution in [0.1, 0.15) is 18.4 Å². The zero-order valence-electron chi connectivity index (χ0n) is 18.1. The lowest BCUT2D eigenvalue weighted by Crippen LogP contribution is -2.18. The molecule has 0 spiro atoms. The van der Waals surface area contributed by atoms with Gasteiger partial charge in [0, 0.05) is 34.3 Å². The number of hydrogen-bond acceptors (Lipinski definition) is 6. The SMILES string of the molecule is N#Cc1ccc(Cl)cc1NC(=O)CSc1nnc(-c2c[nH]c3ccccc23)n1CC1CCCO1. The molecule has 1 aliphatic rings. The van der Waals surface area contributed by atoms with Gasteiger partial charge in [-0.1, -0.05) is 41.6 Å². The average Bonchev–Trinajstić information content (AvgIpc) is 3.58. The first-order valence-electron chi connectivity index (χ1n) is 10.9. The summed E-state index contributed by atoms with van der Waals surface area (Å²) in [6.07, 6.45) is 4.02. The van der Waals surface area contributed by atoms with Crippen LogP contribution in [-0.4, -0.2) is 44.1 Å². The molecule has 1 fully saturated rings. The molecule has 1 amide bonds. The van der Waals surface area contributed by atoms with E-state index in [4.69, 9.17) is 16.3 Å². The number of amides is 1. The maximum absolute atomic E-state index is 12.7. The van der Waals surface area contributed by atoms with Crippen molar-refractivity contribution < 1.29 is 9.53 Å². The Hall–Kier alpha value is -3.32. The molecule has 0 saturated carbocycles. The Kier molecular flexibility index (Phi) is 6.54. The number of halogens is 1. The van der Waals surface area contributed by atoms with E-state index in [2.05, 4.69) is 26.6 Å². The minimum absolute atomic E-state index is 0.0813. The van der Waals surface area contributed by atoms with E-state index in [1.54, 1.807) is 18.2 Å². The number of carbonyl (C=O) groups is 1. The van der Waals surface area contributed by atoms with E-state index < -0.39 is 0 Å². The average molecular weight is 493 g/mol. The van der Waals surface area contributed by atoms with Gasteiger partial charge in [0.2, 0.25) is 5.91 Å². The second-order valence-corrected chi connectivity index (χ2v) is 9.32. The third-order valence-corrected chi connectivity index (χ3v) is 6.87. The molecule has 1 aliphatic heterocycles. The number of nitrogens with zero attached hydrogens (tertiary/aromatic N) is 4. The topological polar surface area (TPSA) is 109 Å². The quantitative estimate of drug-likeness (QED) is 0.356. The van der Waals surface area contributed by atoms with Gasteiger partial charge in [-0.2, -0.15) is 5.26 Å². The molecule has 3 heterocycles. The number of thioether (sulfide) groups is 1. The number of H-pyrrole nitrogens is 1. The fourth-order valence-corrected chi connectivity index (χ4v) is 4.96. The van der Waals surface area contributed by atoms with E-state index in [0.29, 0.717) is 28.0 Å². The number of aromatic amines is 1. The van der Waals surface area contributed by atoms with Crippen LogP contribution in [0.25, 0.3) is 22.3 Å². The maximum Gasteiger partial charge on any atom is 0.234 e. The van der Waals surface area contributed by atoms with Gasteiger partial charge in [-0.3, -0.25) is 9.36 Å². The number of nitriles is 1. The van der Waals surface area contributed by atoms with E-state index in [0.717, 1.165) is 41.7 Å². The first-order chi connectivity index (χ1) is 16.6. The third kappa shape index (κ3) is 4.66. The number of rotatable bonds is 7. The van der Waals surface area contributed by atoms with Crippen LogP contribution in [0.3, 0.4) is 0 Å². The number of anilines is 1. The summed E-state index contributed by atoms with van der Waals surface area (Å²) < 4.78 is 7.90. The zero-order valence-corrected chi connectivity index (χ0v) is 19.7. The molecule has 1 saturated heterocycles. The van der Waals surface area contributed by atoms with E-state index in [-0.39, 0.29) is 17.8 Å². The summed E-state index contributed by atoms with van der Waals surface area (Å²) in [5.74, 6) is 0.580. The Morgan fingerprint density at radius 1 is 1.32 bits per heavy atom. The van der Waals surface area contributed by atoms with E-state index >= 15 is 0 Å². The molecule has 0 radical (unpaired) electrons. The van der Waals surface area contributed by atoms with Gasteiger partial charge >= 0.3 is 0 Å². The summed E-state index contributed by atoms with van der Waals surface area (Å²) in [7, 11) is 0. The molecule has 10 heteroatoms. The largest absolute Gasteiger partial charge is 0.376 e. The summed E-state index contributed by atoms with van der Waals surface area (Å²) in [6, 6.07) is 14.9. The zero-order chi connectivity index (χ0) is 23.5. The Bertz CT molecular complexity index is 1390. The van der Waals surface area contributed by atoms with Gasteiger partial charge in [0.25, 0.3) is 0 Å². The van der Waals surface area contributed by atoms with Crippen molar-refractivity contribution in [2.45, 2.75) is 30.6 Å². The minimum atomic E-state index is -0.260. The van der Waals surface area contributed by atoms with E-state index in [1.165, 1.54) is 11.8 Å². The first kappa shape index (κ1) is 22.5. The van der Waals surface area contributed by atoms with Crippen LogP contribution in [0, 0.1) is 11.3 Å². The van der Waals surface area contributed by atoms with Crippen molar-refractivity contribution in [3.8, 4) is 17.5 Å². The summed E-state index contributed by atoms with van der Waals surface area (Å²) in [6.45, 7) is 1.36. The standard InChI is InChI=1S/C24H21ClN6O2S/c25-16-8-7-15(11-26)21(10-16)28-22(32)14-34-24-30-29-23(31(24)13-17-4-3-9-33-17)19-12-27-20-6-2-1-5-18(19)20/h1-2,5-8,10,12,17,27H,3-4,9,13-14H2,(H,28,32). The normalized spacial score (nSPS) is 15.5. The van der Waals surface area contributed by atoms with Crippen molar-refractivity contribution in [3.05, 3.63) is 59.2 Å². The highest BCUT2D eigenvalue weighted by atomic mass is 35.5. The Balaban J connectivity index is 1.39. The van der Waals surface area contributed by atoms with Gasteiger partial charge in [-0.15, -0.1) is 10.2 Å². The Labute approximate surface area is 205 Å². The van der Waals surface area contributed by atoms with Gasteiger partial charge < -0.3 is 15.0 Å². The summed E-state index contributed by atoms with van der Waals surface area (Å²) in [5, 5.41) is 23.1. The predicted octanol–water partition coefficient (Wildman–Crippen LogP) is 4.86. The summed E-state index contributed by atoms with van der Waals surface area (Å²) in [5.41, 5.74) is 2.72. The van der Waals surface area contributed by atoms with Gasteiger partial charge in [0.05, 0.1) is 29.7 Å². The van der Waals surface area contributed by atoms with Crippen LogP contribution in [-0.2, 0) is 16.1 Å². The van der Waals surface area contributed by atoms with Gasteiger partial charge in [-0.05, 0) is 37.1 Å². The smallest absolute Gasteiger partial charge is 0.234 e. The molecule has 0 bridgehead atoms. The van der Waals surface area contributed by atoms with Crippen LogP contribution in [0.15, 0.2) is 53.8 Å². The number of aromatic nitrogens is 4. The van der Waals surface area contributed by atoms with Crippen LogP contribution >= 0.6 is 23.4 Å². The molecule has 2 aromatic carbocycles. The number of fused-ring (bicyclic) bond motifs is 1. The molecule has 0 aliphatic carbocycles. The fourth-order valence-electron chi connectivity index (χ4n) is 4.04. The third-order valence-electron chi connectivity index (χ3n) is 5.67. The number of hydrogen-bond donors (Lipinski definition) is 2. The van der Waals surface area contributed by atoms with Gasteiger partial charge in [0.15, 0.2) is 11.0 Å². The van der Waals surface area contributed by atoms with Crippen LogP contribution < -0.4 is 5.32 Å². The van der Waals surface area contributed by atoms with Crippen LogP contribution in [0.2, 0.25) is 5.02 Å². The number of nitrogens with one attached hydrogen (secondary N) is 2. The first-order valence-corrected chi connectivity index (χ1v) is 12.2. The van der Waals surface area contributed by atoms with Crippen molar-refractivity contribution in [2.24, 2.45) is 0 Å². The lowest BCUT2D eigenvalue weighted by Gasteiger charge is -2.14. The number of ether oxygens (including phenoxy) is 1. The van der Waals surface area contributed by atoms with Gasteiger partial charge in [0.1, 0.15) is 6.07 Å². The van der Waals surface area contributed by atoms with E-state index in [9.17, 15) is 10.1 Å². The number of para-hydroxylation sites is 1. The molecule has 172 valence electrons. The van der Waals surface area contributed by atoms with Gasteiger partial charge in [-0.25, -0.2) is 0 Å². The molecular weight excluding hydrogens is 472 g/mol. The van der Waals surface area contributed by atoms with Crippen molar-refractivity contribution in [1.82, 2.24) is 19.7 Å². The molecule has 8 nitrogen and oxygen atoms in total. The number of carbonyl (C=O) groups excluding carboxylic acids is 1. The highest BCUT2D eigenvalue weighted by molar-refractivity contribution is 7.99. The van der Waals surface area contributed by atoms with Crippen LogP contribution in [0.4, 0.5) is 5.69 Å². The van der Waals surface area contributed by atoms with Crippen molar-refractivity contribution >= 4 is 45.9 Å². The molecule has 1 atom stereocenters. The van der Waals surface area contributed by atoms with Crippen molar-refractivity contribution in [3.63, 3.8) is 0 Å². The molecule has 4 aromatic rings.